The van der Waals surface area contributed by atoms with E-state index in [1.165, 1.54) is 11.9 Å². The van der Waals surface area contributed by atoms with Gasteiger partial charge in [-0.2, -0.15) is 0 Å². The van der Waals surface area contributed by atoms with Crippen LogP contribution in [-0.4, -0.2) is 72.2 Å². The van der Waals surface area contributed by atoms with Crippen molar-refractivity contribution in [2.45, 2.75) is 70.9 Å². The summed E-state index contributed by atoms with van der Waals surface area (Å²) in [5.74, 6) is -1.74. The van der Waals surface area contributed by atoms with Crippen molar-refractivity contribution in [3.8, 4) is 0 Å². The van der Waals surface area contributed by atoms with Gasteiger partial charge in [0.15, 0.2) is 0 Å². The number of alkyl carbamates (subject to hydrolysis) is 1. The van der Waals surface area contributed by atoms with E-state index < -0.39 is 24.0 Å². The minimum atomic E-state index is -1.17. The van der Waals surface area contributed by atoms with E-state index in [9.17, 15) is 24.3 Å². The van der Waals surface area contributed by atoms with Crippen molar-refractivity contribution in [2.24, 2.45) is 11.8 Å². The summed E-state index contributed by atoms with van der Waals surface area (Å²) in [6.07, 6.45) is 6.44. The number of nitrogens with one attached hydrogen (secondary N) is 1. The van der Waals surface area contributed by atoms with E-state index in [1.54, 1.807) is 0 Å². The number of likely N-dealkylation sites (N-methyl/N-ethyl adjacent to an activating group) is 1. The summed E-state index contributed by atoms with van der Waals surface area (Å²) in [5.41, 5.74) is 0.836. The zero-order valence-corrected chi connectivity index (χ0v) is 22.0. The molecule has 0 bridgehead atoms. The van der Waals surface area contributed by atoms with Crippen molar-refractivity contribution in [1.82, 2.24) is 15.3 Å². The molecular formula is C27H41N3O7. The topological polar surface area (TPSA) is 125 Å². The molecule has 2 N–H and O–H groups in total. The van der Waals surface area contributed by atoms with Gasteiger partial charge in [-0.25, -0.2) is 14.7 Å². The second-order valence-corrected chi connectivity index (χ2v) is 9.56. The highest BCUT2D eigenvalue weighted by molar-refractivity contribution is 5.85. The number of hydrogen-bond donors (Lipinski definition) is 2. The van der Waals surface area contributed by atoms with Crippen LogP contribution in [0.1, 0.15) is 63.9 Å². The van der Waals surface area contributed by atoms with Crippen molar-refractivity contribution in [1.29, 1.82) is 0 Å². The van der Waals surface area contributed by atoms with E-state index in [1.807, 2.05) is 37.3 Å². The first-order chi connectivity index (χ1) is 17.8. The molecular weight excluding hydrogens is 478 g/mol. The standard InChI is InChI=1S/C27H41N3O7/c1-3-4-16-37-30(20-31)18-23(17-21-10-8-9-11-21)25(32)29(2)24(26(33)34)14-15-28-27(35)36-19-22-12-6-5-7-13-22/h5-7,12-13,20-21,23-24H,3-4,8-11,14-19H2,1-2H3,(H,28,35)(H,33,34)/t23-,24?/m1/s1. The predicted molar refractivity (Wildman–Crippen MR) is 137 cm³/mol. The van der Waals surface area contributed by atoms with E-state index in [4.69, 9.17) is 9.57 Å². The molecule has 1 fully saturated rings. The Labute approximate surface area is 219 Å². The zero-order valence-electron chi connectivity index (χ0n) is 22.0. The number of nitrogens with zero attached hydrogens (tertiary/aromatic N) is 2. The van der Waals surface area contributed by atoms with Crippen molar-refractivity contribution in [3.63, 3.8) is 0 Å². The predicted octanol–water partition coefficient (Wildman–Crippen LogP) is 3.60. The Morgan fingerprint density at radius 1 is 1.19 bits per heavy atom. The van der Waals surface area contributed by atoms with Crippen molar-refractivity contribution in [3.05, 3.63) is 35.9 Å². The number of ether oxygens (including phenoxy) is 1. The van der Waals surface area contributed by atoms with E-state index in [0.29, 0.717) is 25.4 Å². The fourth-order valence-electron chi connectivity index (χ4n) is 4.58. The Morgan fingerprint density at radius 3 is 2.51 bits per heavy atom. The van der Waals surface area contributed by atoms with Gasteiger partial charge in [-0.1, -0.05) is 69.4 Å². The summed E-state index contributed by atoms with van der Waals surface area (Å²) >= 11 is 0. The maximum Gasteiger partial charge on any atom is 0.407 e. The van der Waals surface area contributed by atoms with Crippen LogP contribution in [0.15, 0.2) is 30.3 Å². The van der Waals surface area contributed by atoms with Crippen LogP contribution in [0.3, 0.4) is 0 Å². The molecule has 37 heavy (non-hydrogen) atoms. The first kappa shape index (κ1) is 30.1. The zero-order chi connectivity index (χ0) is 27.0. The number of carbonyl (C=O) groups is 4. The maximum absolute atomic E-state index is 13.5. The van der Waals surface area contributed by atoms with Gasteiger partial charge in [-0.05, 0) is 30.7 Å². The Morgan fingerprint density at radius 2 is 1.89 bits per heavy atom. The van der Waals surface area contributed by atoms with Gasteiger partial charge in [0.2, 0.25) is 12.3 Å². The smallest absolute Gasteiger partial charge is 0.407 e. The molecule has 1 aromatic carbocycles. The van der Waals surface area contributed by atoms with Crippen molar-refractivity contribution < 1.29 is 33.9 Å². The van der Waals surface area contributed by atoms with Gasteiger partial charge < -0.3 is 20.1 Å². The van der Waals surface area contributed by atoms with Gasteiger partial charge in [-0.15, -0.1) is 0 Å². The summed E-state index contributed by atoms with van der Waals surface area (Å²) in [7, 11) is 1.46. The fraction of sp³-hybridized carbons (Fsp3) is 0.630. The molecule has 1 aliphatic carbocycles. The Balaban J connectivity index is 1.95. The van der Waals surface area contributed by atoms with Crippen LogP contribution in [0.2, 0.25) is 0 Å². The van der Waals surface area contributed by atoms with Crippen LogP contribution >= 0.6 is 0 Å². The molecule has 10 nitrogen and oxygen atoms in total. The highest BCUT2D eigenvalue weighted by Crippen LogP contribution is 2.31. The van der Waals surface area contributed by atoms with Gasteiger partial charge in [0, 0.05) is 13.6 Å². The normalized spacial score (nSPS) is 15.0. The maximum atomic E-state index is 13.5. The number of rotatable bonds is 17. The van der Waals surface area contributed by atoms with Crippen molar-refractivity contribution >= 4 is 24.4 Å². The molecule has 2 rings (SSSR count). The number of carbonyl (C=O) groups excluding carboxylic acids is 3. The van der Waals surface area contributed by atoms with Crippen LogP contribution in [0.25, 0.3) is 0 Å². The lowest BCUT2D eigenvalue weighted by Gasteiger charge is -2.31. The number of aliphatic carboxylic acids is 1. The van der Waals surface area contributed by atoms with Gasteiger partial charge in [0.25, 0.3) is 0 Å². The summed E-state index contributed by atoms with van der Waals surface area (Å²) in [6, 6.07) is 8.06. The molecule has 1 unspecified atom stereocenters. The van der Waals surface area contributed by atoms with Crippen LogP contribution in [0.4, 0.5) is 4.79 Å². The highest BCUT2D eigenvalue weighted by atomic mass is 16.7. The lowest BCUT2D eigenvalue weighted by molar-refractivity contribution is -0.179. The van der Waals surface area contributed by atoms with Gasteiger partial charge in [0.1, 0.15) is 12.6 Å². The van der Waals surface area contributed by atoms with Gasteiger partial charge in [-0.3, -0.25) is 14.4 Å². The van der Waals surface area contributed by atoms with Crippen LogP contribution in [0, 0.1) is 11.8 Å². The Hall–Kier alpha value is -3.14. The number of hydroxylamine groups is 2. The molecule has 1 aliphatic rings. The third-order valence-corrected chi connectivity index (χ3v) is 6.71. The fourth-order valence-corrected chi connectivity index (χ4v) is 4.58. The molecule has 10 heteroatoms. The Kier molecular flexibility index (Phi) is 13.5. The molecule has 0 aromatic heterocycles. The van der Waals surface area contributed by atoms with E-state index >= 15 is 0 Å². The van der Waals surface area contributed by atoms with E-state index in [-0.39, 0.29) is 32.0 Å². The molecule has 0 spiro atoms. The second kappa shape index (κ2) is 16.6. The molecule has 206 valence electrons. The minimum absolute atomic E-state index is 0.0125. The number of carboxylic acid groups (broad SMARTS) is 1. The average Bonchev–Trinajstić information content (AvgIpc) is 3.41. The number of unbranched alkanes of at least 4 members (excludes halogenated alkanes) is 1. The third kappa shape index (κ3) is 10.8. The summed E-state index contributed by atoms with van der Waals surface area (Å²) in [5, 5.41) is 13.5. The molecule has 3 amide bonds. The molecule has 1 saturated carbocycles. The molecule has 1 aromatic rings. The average molecular weight is 520 g/mol. The summed E-state index contributed by atoms with van der Waals surface area (Å²) in [6.45, 7) is 2.59. The third-order valence-electron chi connectivity index (χ3n) is 6.71. The van der Waals surface area contributed by atoms with Crippen LogP contribution in [-0.2, 0) is 30.6 Å². The minimum Gasteiger partial charge on any atom is -0.480 e. The first-order valence-corrected chi connectivity index (χ1v) is 13.1. The highest BCUT2D eigenvalue weighted by Gasteiger charge is 2.34. The van der Waals surface area contributed by atoms with E-state index in [2.05, 4.69) is 5.32 Å². The number of benzene rings is 1. The molecule has 0 aliphatic heterocycles. The molecule has 2 atom stereocenters. The Bertz CT molecular complexity index is 846. The lowest BCUT2D eigenvalue weighted by Crippen LogP contribution is -2.48. The van der Waals surface area contributed by atoms with Crippen LogP contribution < -0.4 is 5.32 Å². The van der Waals surface area contributed by atoms with Gasteiger partial charge in [0.05, 0.1) is 19.1 Å². The first-order valence-electron chi connectivity index (χ1n) is 13.1. The number of hydrogen-bond acceptors (Lipinski definition) is 6. The largest absolute Gasteiger partial charge is 0.480 e. The van der Waals surface area contributed by atoms with Crippen molar-refractivity contribution in [2.75, 3.05) is 26.7 Å². The second-order valence-electron chi connectivity index (χ2n) is 9.56. The SMILES string of the molecule is CCCCON(C=O)C[C@@H](CC1CCCC1)C(=O)N(C)C(CCNC(=O)OCc1ccccc1)C(=O)O. The van der Waals surface area contributed by atoms with Gasteiger partial charge >= 0.3 is 12.1 Å². The quantitative estimate of drug-likeness (QED) is 0.183. The summed E-state index contributed by atoms with van der Waals surface area (Å²) < 4.78 is 5.16. The monoisotopic (exact) mass is 519 g/mol. The number of carboxylic acids is 1. The lowest BCUT2D eigenvalue weighted by atomic mass is 9.91. The summed E-state index contributed by atoms with van der Waals surface area (Å²) in [4.78, 5) is 55.8. The van der Waals surface area contributed by atoms with E-state index in [0.717, 1.165) is 49.2 Å². The molecule has 0 radical (unpaired) electrons. The number of amides is 3. The molecule has 0 saturated heterocycles. The molecule has 0 heterocycles. The van der Waals surface area contributed by atoms with Crippen LogP contribution in [0.5, 0.6) is 0 Å².